The number of tetrazole rings is 1. The van der Waals surface area contributed by atoms with Gasteiger partial charge in [0.05, 0.1) is 23.4 Å². The van der Waals surface area contributed by atoms with Gasteiger partial charge in [0.1, 0.15) is 12.1 Å². The summed E-state index contributed by atoms with van der Waals surface area (Å²) in [6.07, 6.45) is 2.47. The number of carbonyl (C=O) groups excluding carboxylic acids is 1. The molecule has 0 spiro atoms. The zero-order valence-electron chi connectivity index (χ0n) is 13.5. The Morgan fingerprint density at radius 3 is 2.75 bits per heavy atom. The van der Waals surface area contributed by atoms with Crippen molar-refractivity contribution in [1.29, 1.82) is 0 Å². The van der Waals surface area contributed by atoms with Crippen molar-refractivity contribution < 1.29 is 9.53 Å². The van der Waals surface area contributed by atoms with Crippen LogP contribution in [0.15, 0.2) is 18.5 Å². The fourth-order valence-electron chi connectivity index (χ4n) is 2.00. The smallest absolute Gasteiger partial charge is 0.255 e. The second kappa shape index (κ2) is 10.1. The molecule has 1 heterocycles. The number of ether oxygens (including phenoxy) is 1. The topological polar surface area (TPSA) is 94.0 Å². The molecule has 0 saturated carbocycles. The monoisotopic (exact) mass is 374 g/mol. The molecule has 0 aliphatic heterocycles. The predicted molar refractivity (Wildman–Crippen MR) is 93.5 cm³/mol. The molecule has 0 radical (unpaired) electrons. The van der Waals surface area contributed by atoms with Gasteiger partial charge in [-0.2, -0.15) is 4.68 Å². The number of benzene rings is 1. The van der Waals surface area contributed by atoms with Crippen LogP contribution in [0.2, 0.25) is 5.02 Å². The molecule has 10 heteroatoms. The maximum atomic E-state index is 12.3. The van der Waals surface area contributed by atoms with Crippen LogP contribution in [0.1, 0.15) is 23.7 Å². The van der Waals surface area contributed by atoms with Crippen molar-refractivity contribution in [3.8, 4) is 11.4 Å². The number of hydrogen-bond acceptors (Lipinski definition) is 6. The third-order valence-electron chi connectivity index (χ3n) is 3.12. The van der Waals surface area contributed by atoms with Crippen LogP contribution in [0.3, 0.4) is 0 Å². The van der Waals surface area contributed by atoms with E-state index in [0.29, 0.717) is 35.1 Å². The zero-order valence-corrected chi connectivity index (χ0v) is 15.0. The molecule has 0 bridgehead atoms. The van der Waals surface area contributed by atoms with Gasteiger partial charge in [-0.05, 0) is 29.5 Å². The maximum absolute atomic E-state index is 12.3. The first-order valence-corrected chi connectivity index (χ1v) is 7.65. The number of rotatable bonds is 8. The lowest BCUT2D eigenvalue weighted by Gasteiger charge is -2.12. The van der Waals surface area contributed by atoms with E-state index in [-0.39, 0.29) is 18.3 Å². The van der Waals surface area contributed by atoms with Crippen molar-refractivity contribution in [2.75, 3.05) is 26.7 Å². The fourth-order valence-corrected chi connectivity index (χ4v) is 2.25. The number of carbonyl (C=O) groups is 1. The Kier molecular flexibility index (Phi) is 8.45. The van der Waals surface area contributed by atoms with E-state index in [1.165, 1.54) is 18.1 Å². The Labute approximate surface area is 151 Å². The molecule has 0 aliphatic carbocycles. The van der Waals surface area contributed by atoms with Crippen LogP contribution < -0.4 is 15.4 Å². The Hall–Kier alpha value is -1.90. The van der Waals surface area contributed by atoms with Gasteiger partial charge in [-0.3, -0.25) is 4.79 Å². The summed E-state index contributed by atoms with van der Waals surface area (Å²) in [7, 11) is 1.49. The van der Waals surface area contributed by atoms with Gasteiger partial charge in [-0.25, -0.2) is 0 Å². The predicted octanol–water partition coefficient (Wildman–Crippen LogP) is 1.48. The Bertz CT molecular complexity index is 651. The largest absolute Gasteiger partial charge is 0.496 e. The van der Waals surface area contributed by atoms with Crippen LogP contribution in [0.25, 0.3) is 5.69 Å². The SMILES string of the molecule is CCCNCCNC(=O)c1cc(Cl)c(-n2cnnn2)cc1OC.Cl. The van der Waals surface area contributed by atoms with E-state index in [2.05, 4.69) is 33.1 Å². The number of nitrogens with zero attached hydrogens (tertiary/aromatic N) is 4. The minimum atomic E-state index is -0.245. The number of nitrogens with one attached hydrogen (secondary N) is 2. The quantitative estimate of drug-likeness (QED) is 0.679. The molecule has 1 aromatic heterocycles. The van der Waals surface area contributed by atoms with Crippen molar-refractivity contribution in [2.45, 2.75) is 13.3 Å². The molecular formula is C14H20Cl2N6O2. The van der Waals surface area contributed by atoms with E-state index < -0.39 is 0 Å². The highest BCUT2D eigenvalue weighted by Gasteiger charge is 2.17. The summed E-state index contributed by atoms with van der Waals surface area (Å²) in [5.74, 6) is 0.157. The Balaban J connectivity index is 0.00000288. The third kappa shape index (κ3) is 5.05. The van der Waals surface area contributed by atoms with Gasteiger partial charge >= 0.3 is 0 Å². The summed E-state index contributed by atoms with van der Waals surface area (Å²) in [5, 5.41) is 17.3. The lowest BCUT2D eigenvalue weighted by molar-refractivity contribution is 0.0951. The van der Waals surface area contributed by atoms with Crippen LogP contribution in [-0.2, 0) is 0 Å². The lowest BCUT2D eigenvalue weighted by Crippen LogP contribution is -2.32. The summed E-state index contributed by atoms with van der Waals surface area (Å²) < 4.78 is 6.69. The van der Waals surface area contributed by atoms with E-state index in [1.54, 1.807) is 12.1 Å². The van der Waals surface area contributed by atoms with Gasteiger partial charge in [-0.1, -0.05) is 18.5 Å². The number of amides is 1. The molecule has 2 aromatic rings. The fraction of sp³-hybridized carbons (Fsp3) is 0.429. The van der Waals surface area contributed by atoms with Crippen molar-refractivity contribution in [3.63, 3.8) is 0 Å². The molecule has 8 nitrogen and oxygen atoms in total. The first kappa shape index (κ1) is 20.1. The normalized spacial score (nSPS) is 10.1. The zero-order chi connectivity index (χ0) is 16.7. The molecule has 0 aliphatic rings. The van der Waals surface area contributed by atoms with Gasteiger partial charge < -0.3 is 15.4 Å². The first-order valence-electron chi connectivity index (χ1n) is 7.27. The number of aromatic nitrogens is 4. The molecular weight excluding hydrogens is 355 g/mol. The molecule has 0 unspecified atom stereocenters. The summed E-state index contributed by atoms with van der Waals surface area (Å²) >= 11 is 6.23. The Morgan fingerprint density at radius 1 is 1.33 bits per heavy atom. The minimum Gasteiger partial charge on any atom is -0.496 e. The second-order valence-electron chi connectivity index (χ2n) is 4.76. The summed E-state index contributed by atoms with van der Waals surface area (Å²) in [6, 6.07) is 3.18. The summed E-state index contributed by atoms with van der Waals surface area (Å²) in [5.41, 5.74) is 0.902. The highest BCUT2D eigenvalue weighted by atomic mass is 35.5. The third-order valence-corrected chi connectivity index (χ3v) is 3.43. The van der Waals surface area contributed by atoms with Gasteiger partial charge in [0.15, 0.2) is 0 Å². The van der Waals surface area contributed by atoms with Gasteiger partial charge in [0.2, 0.25) is 0 Å². The van der Waals surface area contributed by atoms with Crippen LogP contribution in [0.5, 0.6) is 5.75 Å². The molecule has 0 saturated heterocycles. The molecule has 2 N–H and O–H groups in total. The van der Waals surface area contributed by atoms with E-state index >= 15 is 0 Å². The van der Waals surface area contributed by atoms with E-state index in [4.69, 9.17) is 16.3 Å². The lowest BCUT2D eigenvalue weighted by atomic mass is 10.1. The van der Waals surface area contributed by atoms with Crippen LogP contribution in [-0.4, -0.2) is 52.9 Å². The molecule has 1 amide bonds. The van der Waals surface area contributed by atoms with E-state index in [0.717, 1.165) is 13.0 Å². The van der Waals surface area contributed by atoms with Gasteiger partial charge in [0.25, 0.3) is 5.91 Å². The minimum absolute atomic E-state index is 0. The van der Waals surface area contributed by atoms with E-state index in [1.807, 2.05) is 0 Å². The first-order chi connectivity index (χ1) is 11.2. The summed E-state index contributed by atoms with van der Waals surface area (Å²) in [6.45, 7) is 4.24. The van der Waals surface area contributed by atoms with Gasteiger partial charge in [0, 0.05) is 19.2 Å². The molecule has 2 rings (SSSR count). The van der Waals surface area contributed by atoms with Crippen molar-refractivity contribution >= 4 is 29.9 Å². The molecule has 24 heavy (non-hydrogen) atoms. The standard InChI is InChI=1S/C14H19ClN6O2.ClH/c1-3-4-16-5-6-17-14(22)10-7-11(15)12(8-13(10)23-2)21-9-18-19-20-21;/h7-9,16H,3-6H2,1-2H3,(H,17,22);1H. The van der Waals surface area contributed by atoms with Crippen molar-refractivity contribution in [2.24, 2.45) is 0 Å². The average molecular weight is 375 g/mol. The maximum Gasteiger partial charge on any atom is 0.255 e. The van der Waals surface area contributed by atoms with Gasteiger partial charge in [-0.15, -0.1) is 17.5 Å². The molecule has 132 valence electrons. The molecule has 0 fully saturated rings. The van der Waals surface area contributed by atoms with E-state index in [9.17, 15) is 4.79 Å². The average Bonchev–Trinajstić information content (AvgIpc) is 3.08. The highest BCUT2D eigenvalue weighted by molar-refractivity contribution is 6.33. The molecule has 1 aromatic carbocycles. The Morgan fingerprint density at radius 2 is 2.12 bits per heavy atom. The van der Waals surface area contributed by atoms with Crippen LogP contribution in [0.4, 0.5) is 0 Å². The number of methoxy groups -OCH3 is 1. The second-order valence-corrected chi connectivity index (χ2v) is 5.17. The van der Waals surface area contributed by atoms with Crippen molar-refractivity contribution in [3.05, 3.63) is 29.0 Å². The van der Waals surface area contributed by atoms with Crippen molar-refractivity contribution in [1.82, 2.24) is 30.8 Å². The highest BCUT2D eigenvalue weighted by Crippen LogP contribution is 2.29. The number of hydrogen-bond donors (Lipinski definition) is 2. The van der Waals surface area contributed by atoms with Crippen LogP contribution in [0, 0.1) is 0 Å². The van der Waals surface area contributed by atoms with Crippen LogP contribution >= 0.6 is 24.0 Å². The molecule has 0 atom stereocenters. The summed E-state index contributed by atoms with van der Waals surface area (Å²) in [4.78, 5) is 12.3. The number of halogens is 2.